The topological polar surface area (TPSA) is 61.7 Å². The van der Waals surface area contributed by atoms with Crippen LogP contribution in [0.3, 0.4) is 0 Å². The monoisotopic (exact) mass is 177 g/mol. The van der Waals surface area contributed by atoms with E-state index in [0.29, 0.717) is 26.1 Å². The zero-order valence-corrected chi connectivity index (χ0v) is 7.79. The SMILES string of the molecule is CCC(O)C(O)CNCCOC. The first kappa shape index (κ1) is 11.8. The Morgan fingerprint density at radius 3 is 2.50 bits per heavy atom. The van der Waals surface area contributed by atoms with Gasteiger partial charge >= 0.3 is 0 Å². The Hall–Kier alpha value is -0.160. The third kappa shape index (κ3) is 5.49. The average Bonchev–Trinajstić information content (AvgIpc) is 2.10. The van der Waals surface area contributed by atoms with Crippen LogP contribution in [0.2, 0.25) is 0 Å². The normalized spacial score (nSPS) is 16.0. The molecule has 2 atom stereocenters. The Morgan fingerprint density at radius 1 is 1.33 bits per heavy atom. The molecular formula is C8H19NO3. The van der Waals surface area contributed by atoms with Crippen LogP contribution in [0.15, 0.2) is 0 Å². The third-order valence-corrected chi connectivity index (χ3v) is 1.70. The van der Waals surface area contributed by atoms with Crippen LogP contribution in [-0.4, -0.2) is 49.2 Å². The summed E-state index contributed by atoms with van der Waals surface area (Å²) in [6.07, 6.45) is -0.723. The molecule has 0 rings (SSSR count). The molecule has 12 heavy (non-hydrogen) atoms. The fourth-order valence-corrected chi connectivity index (χ4v) is 0.832. The van der Waals surface area contributed by atoms with E-state index in [9.17, 15) is 5.11 Å². The highest BCUT2D eigenvalue weighted by Gasteiger charge is 2.12. The summed E-state index contributed by atoms with van der Waals surface area (Å²) in [5.41, 5.74) is 0. The molecule has 4 nitrogen and oxygen atoms in total. The average molecular weight is 177 g/mol. The van der Waals surface area contributed by atoms with Crippen molar-refractivity contribution in [3.05, 3.63) is 0 Å². The molecule has 0 spiro atoms. The van der Waals surface area contributed by atoms with Gasteiger partial charge in [-0.15, -0.1) is 0 Å². The smallest absolute Gasteiger partial charge is 0.0922 e. The fourth-order valence-electron chi connectivity index (χ4n) is 0.832. The number of ether oxygens (including phenoxy) is 1. The van der Waals surface area contributed by atoms with Crippen molar-refractivity contribution in [2.75, 3.05) is 26.8 Å². The highest BCUT2D eigenvalue weighted by atomic mass is 16.5. The van der Waals surface area contributed by atoms with Crippen molar-refractivity contribution in [3.63, 3.8) is 0 Å². The lowest BCUT2D eigenvalue weighted by Crippen LogP contribution is -2.37. The quantitative estimate of drug-likeness (QED) is 0.452. The second kappa shape index (κ2) is 7.49. The molecule has 0 aromatic rings. The molecule has 0 heterocycles. The third-order valence-electron chi connectivity index (χ3n) is 1.70. The van der Waals surface area contributed by atoms with Crippen LogP contribution < -0.4 is 5.32 Å². The van der Waals surface area contributed by atoms with Gasteiger partial charge in [0.25, 0.3) is 0 Å². The van der Waals surface area contributed by atoms with E-state index in [0.717, 1.165) is 0 Å². The van der Waals surface area contributed by atoms with Crippen molar-refractivity contribution >= 4 is 0 Å². The number of hydrogen-bond donors (Lipinski definition) is 3. The highest BCUT2D eigenvalue weighted by Crippen LogP contribution is 1.95. The van der Waals surface area contributed by atoms with Gasteiger partial charge in [-0.2, -0.15) is 0 Å². The summed E-state index contributed by atoms with van der Waals surface area (Å²) >= 11 is 0. The van der Waals surface area contributed by atoms with Gasteiger partial charge in [-0.05, 0) is 6.42 Å². The van der Waals surface area contributed by atoms with Crippen LogP contribution in [0.5, 0.6) is 0 Å². The molecule has 0 aromatic carbocycles. The van der Waals surface area contributed by atoms with Crippen molar-refractivity contribution in [2.24, 2.45) is 0 Å². The van der Waals surface area contributed by atoms with E-state index in [2.05, 4.69) is 5.32 Å². The zero-order chi connectivity index (χ0) is 9.40. The van der Waals surface area contributed by atoms with Gasteiger partial charge < -0.3 is 20.3 Å². The van der Waals surface area contributed by atoms with Crippen LogP contribution in [0.4, 0.5) is 0 Å². The van der Waals surface area contributed by atoms with Crippen molar-refractivity contribution in [2.45, 2.75) is 25.6 Å². The molecule has 0 saturated heterocycles. The van der Waals surface area contributed by atoms with Gasteiger partial charge in [0.1, 0.15) is 0 Å². The van der Waals surface area contributed by atoms with Crippen molar-refractivity contribution < 1.29 is 14.9 Å². The van der Waals surface area contributed by atoms with E-state index in [1.54, 1.807) is 7.11 Å². The van der Waals surface area contributed by atoms with Crippen molar-refractivity contribution in [1.82, 2.24) is 5.32 Å². The first-order valence-corrected chi connectivity index (χ1v) is 4.28. The molecule has 4 heteroatoms. The molecular weight excluding hydrogens is 158 g/mol. The van der Waals surface area contributed by atoms with E-state index < -0.39 is 12.2 Å². The van der Waals surface area contributed by atoms with Gasteiger partial charge in [0, 0.05) is 20.2 Å². The van der Waals surface area contributed by atoms with Crippen LogP contribution in [0, 0.1) is 0 Å². The maximum absolute atomic E-state index is 9.26. The Bertz CT molecular complexity index is 100. The van der Waals surface area contributed by atoms with E-state index in [1.165, 1.54) is 0 Å². The van der Waals surface area contributed by atoms with Crippen molar-refractivity contribution in [1.29, 1.82) is 0 Å². The minimum absolute atomic E-state index is 0.415. The Labute approximate surface area is 73.5 Å². The molecule has 0 fully saturated rings. The fraction of sp³-hybridized carbons (Fsp3) is 1.00. The summed E-state index contributed by atoms with van der Waals surface area (Å²) in [7, 11) is 1.62. The molecule has 0 radical (unpaired) electrons. The lowest BCUT2D eigenvalue weighted by molar-refractivity contribution is 0.0176. The van der Waals surface area contributed by atoms with Crippen LogP contribution in [-0.2, 0) is 4.74 Å². The summed E-state index contributed by atoms with van der Waals surface area (Å²) < 4.78 is 4.80. The van der Waals surface area contributed by atoms with Crippen LogP contribution >= 0.6 is 0 Å². The molecule has 0 bridgehead atoms. The second-order valence-electron chi connectivity index (χ2n) is 2.74. The molecule has 2 unspecified atom stereocenters. The summed E-state index contributed by atoms with van der Waals surface area (Å²) in [5, 5.41) is 21.4. The maximum atomic E-state index is 9.26. The van der Waals surface area contributed by atoms with E-state index >= 15 is 0 Å². The number of methoxy groups -OCH3 is 1. The lowest BCUT2D eigenvalue weighted by atomic mass is 10.1. The predicted octanol–water partition coefficient (Wildman–Crippen LogP) is -0.646. The van der Waals surface area contributed by atoms with E-state index in [1.807, 2.05) is 6.92 Å². The summed E-state index contributed by atoms with van der Waals surface area (Å²) in [4.78, 5) is 0. The summed E-state index contributed by atoms with van der Waals surface area (Å²) in [6, 6.07) is 0. The Morgan fingerprint density at radius 2 is 2.00 bits per heavy atom. The summed E-state index contributed by atoms with van der Waals surface area (Å²) in [5.74, 6) is 0. The lowest BCUT2D eigenvalue weighted by Gasteiger charge is -2.16. The minimum atomic E-state index is -0.674. The molecule has 0 aliphatic rings. The van der Waals surface area contributed by atoms with E-state index in [4.69, 9.17) is 9.84 Å². The number of nitrogens with one attached hydrogen (secondary N) is 1. The van der Waals surface area contributed by atoms with Gasteiger partial charge in [0.05, 0.1) is 18.8 Å². The van der Waals surface area contributed by atoms with Crippen LogP contribution in [0.25, 0.3) is 0 Å². The molecule has 3 N–H and O–H groups in total. The Balaban J connectivity index is 3.24. The van der Waals surface area contributed by atoms with Crippen LogP contribution in [0.1, 0.15) is 13.3 Å². The van der Waals surface area contributed by atoms with Gasteiger partial charge in [-0.25, -0.2) is 0 Å². The Kier molecular flexibility index (Phi) is 7.39. The van der Waals surface area contributed by atoms with Gasteiger partial charge in [0.15, 0.2) is 0 Å². The minimum Gasteiger partial charge on any atom is -0.390 e. The molecule has 0 saturated carbocycles. The zero-order valence-electron chi connectivity index (χ0n) is 7.79. The number of rotatable bonds is 7. The molecule has 0 amide bonds. The van der Waals surface area contributed by atoms with Crippen molar-refractivity contribution in [3.8, 4) is 0 Å². The highest BCUT2D eigenvalue weighted by molar-refractivity contribution is 4.67. The number of hydrogen-bond acceptors (Lipinski definition) is 4. The first-order chi connectivity index (χ1) is 5.72. The van der Waals surface area contributed by atoms with E-state index in [-0.39, 0.29) is 0 Å². The van der Waals surface area contributed by atoms with Gasteiger partial charge in [0.2, 0.25) is 0 Å². The standard InChI is InChI=1S/C8H19NO3/c1-3-7(10)8(11)6-9-4-5-12-2/h7-11H,3-6H2,1-2H3. The maximum Gasteiger partial charge on any atom is 0.0922 e. The largest absolute Gasteiger partial charge is 0.390 e. The number of aliphatic hydroxyl groups excluding tert-OH is 2. The number of aliphatic hydroxyl groups is 2. The molecule has 0 aliphatic heterocycles. The van der Waals surface area contributed by atoms with Gasteiger partial charge in [-0.1, -0.05) is 6.92 Å². The second-order valence-corrected chi connectivity index (χ2v) is 2.74. The summed E-state index contributed by atoms with van der Waals surface area (Å²) in [6.45, 7) is 3.57. The first-order valence-electron chi connectivity index (χ1n) is 4.28. The van der Waals surface area contributed by atoms with Gasteiger partial charge in [-0.3, -0.25) is 0 Å². The molecule has 74 valence electrons. The predicted molar refractivity (Wildman–Crippen MR) is 47.1 cm³/mol. The molecule has 0 aliphatic carbocycles. The molecule has 0 aromatic heterocycles.